The van der Waals surface area contributed by atoms with Crippen LogP contribution < -0.4 is 10.3 Å². The van der Waals surface area contributed by atoms with Gasteiger partial charge in [-0.25, -0.2) is 8.42 Å². The summed E-state index contributed by atoms with van der Waals surface area (Å²) in [4.78, 5) is 28.6. The topological polar surface area (TPSA) is 114 Å². The van der Waals surface area contributed by atoms with Crippen molar-refractivity contribution in [2.75, 3.05) is 18.0 Å². The van der Waals surface area contributed by atoms with Crippen LogP contribution in [-0.4, -0.2) is 36.9 Å². The SMILES string of the molecule is CCN(CC)S(=O)(=O)c1ccc(C2c3c(oc4ccc(Cl)cc4c3=O)C(=O)N2c2cc(C)on2)cc1. The summed E-state index contributed by atoms with van der Waals surface area (Å²) in [5.41, 5.74) is 0.452. The Labute approximate surface area is 211 Å². The highest BCUT2D eigenvalue weighted by molar-refractivity contribution is 7.89. The first-order valence-electron chi connectivity index (χ1n) is 11.3. The number of anilines is 1. The average Bonchev–Trinajstić information content (AvgIpc) is 3.41. The summed E-state index contributed by atoms with van der Waals surface area (Å²) in [6.45, 7) is 5.89. The zero-order valence-electron chi connectivity index (χ0n) is 19.7. The van der Waals surface area contributed by atoms with E-state index in [1.165, 1.54) is 33.5 Å². The molecule has 1 unspecified atom stereocenters. The number of hydrogen-bond donors (Lipinski definition) is 0. The minimum absolute atomic E-state index is 0.111. The molecule has 11 heteroatoms. The standard InChI is InChI=1S/C25H22ClN3O6S/c1-4-28(5-2)36(32,33)17-9-6-15(7-10-17)22-21-23(30)18-13-16(26)8-11-19(18)34-24(21)25(31)29(22)20-12-14(3)35-27-20/h6-13,22H,4-5H2,1-3H3. The number of carbonyl (C=O) groups excluding carboxylic acids is 1. The lowest BCUT2D eigenvalue weighted by Crippen LogP contribution is -2.31. The Bertz CT molecular complexity index is 1660. The van der Waals surface area contributed by atoms with Crippen molar-refractivity contribution in [2.45, 2.75) is 31.7 Å². The third kappa shape index (κ3) is 3.73. The number of carbonyl (C=O) groups is 1. The number of halogens is 1. The largest absolute Gasteiger partial charge is 0.450 e. The normalized spacial score (nSPS) is 15.8. The minimum atomic E-state index is -3.69. The first kappa shape index (κ1) is 24.2. The van der Waals surface area contributed by atoms with Crippen LogP contribution in [0.4, 0.5) is 5.82 Å². The van der Waals surface area contributed by atoms with Crippen molar-refractivity contribution in [3.05, 3.63) is 86.4 Å². The van der Waals surface area contributed by atoms with E-state index < -0.39 is 27.4 Å². The van der Waals surface area contributed by atoms with Gasteiger partial charge in [-0.15, -0.1) is 0 Å². The lowest BCUT2D eigenvalue weighted by Gasteiger charge is -2.23. The number of amides is 1. The fraction of sp³-hybridized carbons (Fsp3) is 0.240. The molecule has 0 aliphatic carbocycles. The zero-order valence-corrected chi connectivity index (χ0v) is 21.3. The van der Waals surface area contributed by atoms with Crippen molar-refractivity contribution in [1.29, 1.82) is 0 Å². The zero-order chi connectivity index (χ0) is 25.8. The van der Waals surface area contributed by atoms with Gasteiger partial charge in [-0.05, 0) is 42.8 Å². The molecule has 0 bridgehead atoms. The molecule has 36 heavy (non-hydrogen) atoms. The average molecular weight is 528 g/mol. The predicted octanol–water partition coefficient (Wildman–Crippen LogP) is 4.52. The summed E-state index contributed by atoms with van der Waals surface area (Å²) in [5.74, 6) is 0.0111. The number of rotatable bonds is 6. The molecule has 186 valence electrons. The lowest BCUT2D eigenvalue weighted by atomic mass is 9.98. The van der Waals surface area contributed by atoms with Gasteiger partial charge in [0.05, 0.1) is 21.9 Å². The van der Waals surface area contributed by atoms with Crippen molar-refractivity contribution < 1.29 is 22.2 Å². The highest BCUT2D eigenvalue weighted by atomic mass is 35.5. The molecule has 3 heterocycles. The second-order valence-corrected chi connectivity index (χ2v) is 10.7. The summed E-state index contributed by atoms with van der Waals surface area (Å²) in [6.07, 6.45) is 0. The second kappa shape index (κ2) is 8.88. The molecule has 1 aliphatic heterocycles. The number of fused-ring (bicyclic) bond motifs is 2. The highest BCUT2D eigenvalue weighted by Gasteiger charge is 2.45. The molecule has 0 saturated carbocycles. The van der Waals surface area contributed by atoms with Crippen LogP contribution in [0.5, 0.6) is 0 Å². The fourth-order valence-corrected chi connectivity index (χ4v) is 6.13. The molecular formula is C25H22ClN3O6S. The van der Waals surface area contributed by atoms with Gasteiger partial charge in [-0.2, -0.15) is 4.31 Å². The molecule has 0 saturated heterocycles. The maximum atomic E-state index is 13.6. The minimum Gasteiger partial charge on any atom is -0.450 e. The lowest BCUT2D eigenvalue weighted by molar-refractivity contribution is 0.0969. The number of aromatic nitrogens is 1. The maximum Gasteiger partial charge on any atom is 0.296 e. The number of aryl methyl sites for hydroxylation is 1. The Morgan fingerprint density at radius 3 is 2.36 bits per heavy atom. The number of nitrogens with zero attached hydrogens (tertiary/aromatic N) is 3. The summed E-state index contributed by atoms with van der Waals surface area (Å²) in [6, 6.07) is 11.4. The van der Waals surface area contributed by atoms with Crippen LogP contribution in [0.1, 0.15) is 47.3 Å². The van der Waals surface area contributed by atoms with E-state index in [4.69, 9.17) is 20.5 Å². The molecule has 1 amide bonds. The van der Waals surface area contributed by atoms with Gasteiger partial charge < -0.3 is 8.94 Å². The molecule has 0 spiro atoms. The van der Waals surface area contributed by atoms with Gasteiger partial charge >= 0.3 is 0 Å². The second-order valence-electron chi connectivity index (χ2n) is 8.35. The van der Waals surface area contributed by atoms with Gasteiger partial charge in [0.1, 0.15) is 11.3 Å². The Kier molecular flexibility index (Phi) is 5.98. The van der Waals surface area contributed by atoms with Gasteiger partial charge in [0.2, 0.25) is 15.8 Å². The van der Waals surface area contributed by atoms with Crippen molar-refractivity contribution in [1.82, 2.24) is 9.46 Å². The molecule has 4 aromatic rings. The van der Waals surface area contributed by atoms with Crippen LogP contribution in [-0.2, 0) is 10.0 Å². The molecule has 1 aliphatic rings. The molecule has 5 rings (SSSR count). The molecule has 0 N–H and O–H groups in total. The summed E-state index contributed by atoms with van der Waals surface area (Å²) < 4.78 is 38.4. The summed E-state index contributed by atoms with van der Waals surface area (Å²) >= 11 is 6.12. The third-order valence-corrected chi connectivity index (χ3v) is 8.53. The van der Waals surface area contributed by atoms with Crippen LogP contribution >= 0.6 is 11.6 Å². The number of benzene rings is 2. The van der Waals surface area contributed by atoms with E-state index in [0.29, 0.717) is 29.4 Å². The molecule has 2 aromatic heterocycles. The van der Waals surface area contributed by atoms with Crippen LogP contribution in [0.15, 0.2) is 67.2 Å². The van der Waals surface area contributed by atoms with E-state index >= 15 is 0 Å². The smallest absolute Gasteiger partial charge is 0.296 e. The van der Waals surface area contributed by atoms with E-state index in [0.717, 1.165) is 0 Å². The van der Waals surface area contributed by atoms with Crippen molar-refractivity contribution in [3.63, 3.8) is 0 Å². The quantitative estimate of drug-likeness (QED) is 0.362. The third-order valence-electron chi connectivity index (χ3n) is 6.23. The molecule has 1 atom stereocenters. The molecule has 2 aromatic carbocycles. The van der Waals surface area contributed by atoms with E-state index in [1.807, 2.05) is 0 Å². The Morgan fingerprint density at radius 1 is 1.06 bits per heavy atom. The number of hydrogen-bond acceptors (Lipinski definition) is 7. The first-order valence-corrected chi connectivity index (χ1v) is 13.1. The fourth-order valence-electron chi connectivity index (χ4n) is 4.50. The first-order chi connectivity index (χ1) is 17.2. The monoisotopic (exact) mass is 527 g/mol. The van der Waals surface area contributed by atoms with Crippen LogP contribution in [0.3, 0.4) is 0 Å². The van der Waals surface area contributed by atoms with E-state index in [-0.39, 0.29) is 33.0 Å². The molecule has 0 radical (unpaired) electrons. The molecular weight excluding hydrogens is 506 g/mol. The van der Waals surface area contributed by atoms with E-state index in [1.54, 1.807) is 45.0 Å². The Hall–Kier alpha value is -3.47. The van der Waals surface area contributed by atoms with E-state index in [2.05, 4.69) is 5.16 Å². The van der Waals surface area contributed by atoms with Crippen molar-refractivity contribution in [2.24, 2.45) is 0 Å². The molecule has 9 nitrogen and oxygen atoms in total. The van der Waals surface area contributed by atoms with E-state index in [9.17, 15) is 18.0 Å². The van der Waals surface area contributed by atoms with Gasteiger partial charge in [0.25, 0.3) is 5.91 Å². The van der Waals surface area contributed by atoms with Gasteiger partial charge in [0.15, 0.2) is 11.2 Å². The molecule has 0 fully saturated rings. The van der Waals surface area contributed by atoms with Crippen molar-refractivity contribution >= 4 is 44.3 Å². The van der Waals surface area contributed by atoms with Crippen LogP contribution in [0.25, 0.3) is 11.0 Å². The maximum absolute atomic E-state index is 13.6. The van der Waals surface area contributed by atoms with Crippen LogP contribution in [0, 0.1) is 6.92 Å². The van der Waals surface area contributed by atoms with Crippen LogP contribution in [0.2, 0.25) is 5.02 Å². The highest BCUT2D eigenvalue weighted by Crippen LogP contribution is 2.41. The van der Waals surface area contributed by atoms with Crippen molar-refractivity contribution in [3.8, 4) is 0 Å². The Balaban J connectivity index is 1.71. The Morgan fingerprint density at radius 2 is 1.75 bits per heavy atom. The summed E-state index contributed by atoms with van der Waals surface area (Å²) in [5, 5.41) is 4.57. The van der Waals surface area contributed by atoms with Gasteiger partial charge in [-0.3, -0.25) is 14.5 Å². The van der Waals surface area contributed by atoms with Gasteiger partial charge in [0, 0.05) is 24.2 Å². The predicted molar refractivity (Wildman–Crippen MR) is 134 cm³/mol. The number of sulfonamides is 1. The summed E-state index contributed by atoms with van der Waals surface area (Å²) in [7, 11) is -3.69. The van der Waals surface area contributed by atoms with Gasteiger partial charge in [-0.1, -0.05) is 42.7 Å².